The molecule has 0 amide bonds. The highest BCUT2D eigenvalue weighted by atomic mass is 16.5. The van der Waals surface area contributed by atoms with Gasteiger partial charge in [0.1, 0.15) is 0 Å². The molecule has 2 aliphatic rings. The van der Waals surface area contributed by atoms with Gasteiger partial charge in [-0.15, -0.1) is 0 Å². The summed E-state index contributed by atoms with van der Waals surface area (Å²) >= 11 is 0. The Morgan fingerprint density at radius 3 is 2.81 bits per heavy atom. The summed E-state index contributed by atoms with van der Waals surface area (Å²) in [5.74, 6) is 0. The first-order valence-corrected chi connectivity index (χ1v) is 6.43. The van der Waals surface area contributed by atoms with E-state index >= 15 is 0 Å². The van der Waals surface area contributed by atoms with Crippen LogP contribution in [-0.2, 0) is 4.74 Å². The topological polar surface area (TPSA) is 41.7 Å². The largest absolute Gasteiger partial charge is 0.381 e. The van der Waals surface area contributed by atoms with Gasteiger partial charge in [-0.2, -0.15) is 0 Å². The molecule has 1 unspecified atom stereocenters. The molecule has 4 heteroatoms. The van der Waals surface area contributed by atoms with Crippen molar-refractivity contribution in [2.45, 2.75) is 12.8 Å². The van der Waals surface area contributed by atoms with Gasteiger partial charge in [-0.05, 0) is 33.0 Å². The van der Waals surface area contributed by atoms with E-state index in [1.54, 1.807) is 0 Å². The summed E-state index contributed by atoms with van der Waals surface area (Å²) in [5.41, 5.74) is 6.17. The van der Waals surface area contributed by atoms with Crippen LogP contribution in [0.5, 0.6) is 0 Å². The zero-order valence-electron chi connectivity index (χ0n) is 10.5. The Hall–Kier alpha value is -0.160. The Bertz CT molecular complexity index is 216. The number of ether oxygens (including phenoxy) is 1. The van der Waals surface area contributed by atoms with Crippen LogP contribution in [-0.4, -0.2) is 69.3 Å². The molecule has 0 aromatic rings. The monoisotopic (exact) mass is 227 g/mol. The lowest BCUT2D eigenvalue weighted by Gasteiger charge is -2.32. The van der Waals surface area contributed by atoms with Crippen molar-refractivity contribution >= 4 is 0 Å². The van der Waals surface area contributed by atoms with E-state index < -0.39 is 0 Å². The average molecular weight is 227 g/mol. The van der Waals surface area contributed by atoms with E-state index in [-0.39, 0.29) is 5.41 Å². The van der Waals surface area contributed by atoms with Crippen molar-refractivity contribution in [3.63, 3.8) is 0 Å². The molecule has 0 aliphatic carbocycles. The summed E-state index contributed by atoms with van der Waals surface area (Å²) in [6.45, 7) is 8.44. The summed E-state index contributed by atoms with van der Waals surface area (Å²) in [6, 6.07) is 0. The molecular formula is C12H25N3O. The molecule has 0 aromatic heterocycles. The van der Waals surface area contributed by atoms with Crippen LogP contribution >= 0.6 is 0 Å². The zero-order chi connectivity index (χ0) is 11.4. The summed E-state index contributed by atoms with van der Waals surface area (Å²) in [4.78, 5) is 4.99. The molecule has 0 aromatic carbocycles. The number of nitrogens with two attached hydrogens (primary N) is 1. The maximum atomic E-state index is 5.94. The van der Waals surface area contributed by atoms with Gasteiger partial charge in [0.15, 0.2) is 0 Å². The summed E-state index contributed by atoms with van der Waals surface area (Å²) < 4.78 is 5.53. The van der Waals surface area contributed by atoms with Gasteiger partial charge in [-0.25, -0.2) is 0 Å². The third kappa shape index (κ3) is 2.94. The normalized spacial score (nSPS) is 34.1. The van der Waals surface area contributed by atoms with Crippen molar-refractivity contribution in [1.29, 1.82) is 0 Å². The Morgan fingerprint density at radius 1 is 1.25 bits per heavy atom. The molecule has 2 N–H and O–H groups in total. The fourth-order valence-corrected chi connectivity index (χ4v) is 2.73. The summed E-state index contributed by atoms with van der Waals surface area (Å²) in [6.07, 6.45) is 2.41. The SMILES string of the molecule is CN1CCCN(CC2(CN)CCOC2)CC1. The minimum atomic E-state index is 0.239. The van der Waals surface area contributed by atoms with Crippen molar-refractivity contribution < 1.29 is 4.74 Å². The van der Waals surface area contributed by atoms with Crippen LogP contribution in [0.15, 0.2) is 0 Å². The van der Waals surface area contributed by atoms with Crippen LogP contribution in [0, 0.1) is 5.41 Å². The first-order valence-electron chi connectivity index (χ1n) is 6.43. The number of hydrogen-bond donors (Lipinski definition) is 1. The van der Waals surface area contributed by atoms with Gasteiger partial charge in [0, 0.05) is 38.2 Å². The van der Waals surface area contributed by atoms with Crippen LogP contribution < -0.4 is 5.73 Å². The number of nitrogens with zero attached hydrogens (tertiary/aromatic N) is 2. The molecular weight excluding hydrogens is 202 g/mol. The van der Waals surface area contributed by atoms with E-state index in [0.717, 1.165) is 32.7 Å². The summed E-state index contributed by atoms with van der Waals surface area (Å²) in [7, 11) is 2.21. The van der Waals surface area contributed by atoms with Crippen LogP contribution in [0.4, 0.5) is 0 Å². The van der Waals surface area contributed by atoms with E-state index in [4.69, 9.17) is 10.5 Å². The van der Waals surface area contributed by atoms with Crippen molar-refractivity contribution in [3.05, 3.63) is 0 Å². The molecule has 2 saturated heterocycles. The second kappa shape index (κ2) is 5.45. The minimum Gasteiger partial charge on any atom is -0.381 e. The van der Waals surface area contributed by atoms with Crippen LogP contribution in [0.2, 0.25) is 0 Å². The molecule has 0 radical (unpaired) electrons. The molecule has 1 atom stereocenters. The van der Waals surface area contributed by atoms with Gasteiger partial charge >= 0.3 is 0 Å². The Balaban J connectivity index is 1.87. The predicted molar refractivity (Wildman–Crippen MR) is 65.5 cm³/mol. The lowest BCUT2D eigenvalue weighted by atomic mass is 9.87. The molecule has 4 nitrogen and oxygen atoms in total. The standard InChI is InChI=1S/C12H25N3O/c1-14-4-2-5-15(7-6-14)10-12(9-13)3-8-16-11-12/h2-11,13H2,1H3. The molecule has 2 rings (SSSR count). The highest BCUT2D eigenvalue weighted by Crippen LogP contribution is 2.28. The minimum absolute atomic E-state index is 0.239. The lowest BCUT2D eigenvalue weighted by Crippen LogP contribution is -2.44. The van der Waals surface area contributed by atoms with E-state index in [0.29, 0.717) is 0 Å². The van der Waals surface area contributed by atoms with E-state index in [9.17, 15) is 0 Å². The smallest absolute Gasteiger partial charge is 0.0547 e. The van der Waals surface area contributed by atoms with Crippen molar-refractivity contribution in [2.75, 3.05) is 59.5 Å². The van der Waals surface area contributed by atoms with Crippen molar-refractivity contribution in [1.82, 2.24) is 9.80 Å². The van der Waals surface area contributed by atoms with Gasteiger partial charge in [-0.3, -0.25) is 0 Å². The van der Waals surface area contributed by atoms with Gasteiger partial charge in [0.05, 0.1) is 6.61 Å². The molecule has 2 heterocycles. The average Bonchev–Trinajstić information content (AvgIpc) is 2.66. The first-order chi connectivity index (χ1) is 7.74. The fourth-order valence-electron chi connectivity index (χ4n) is 2.73. The van der Waals surface area contributed by atoms with E-state index in [1.807, 2.05) is 0 Å². The Morgan fingerprint density at radius 2 is 2.12 bits per heavy atom. The summed E-state index contributed by atoms with van der Waals surface area (Å²) in [5, 5.41) is 0. The van der Waals surface area contributed by atoms with Gasteiger partial charge in [0.25, 0.3) is 0 Å². The fraction of sp³-hybridized carbons (Fsp3) is 1.00. The van der Waals surface area contributed by atoms with Crippen LogP contribution in [0.25, 0.3) is 0 Å². The molecule has 2 fully saturated rings. The number of hydrogen-bond acceptors (Lipinski definition) is 4. The van der Waals surface area contributed by atoms with E-state index in [2.05, 4.69) is 16.8 Å². The molecule has 16 heavy (non-hydrogen) atoms. The van der Waals surface area contributed by atoms with Crippen LogP contribution in [0.1, 0.15) is 12.8 Å². The van der Waals surface area contributed by atoms with Crippen molar-refractivity contribution in [2.24, 2.45) is 11.1 Å². The molecule has 0 saturated carbocycles. The predicted octanol–water partition coefficient (Wildman–Crippen LogP) is -0.0107. The molecule has 94 valence electrons. The quantitative estimate of drug-likeness (QED) is 0.736. The maximum absolute atomic E-state index is 5.94. The highest BCUT2D eigenvalue weighted by molar-refractivity contribution is 4.88. The Labute approximate surface area is 98.7 Å². The van der Waals surface area contributed by atoms with Gasteiger partial charge < -0.3 is 20.3 Å². The second-order valence-electron chi connectivity index (χ2n) is 5.44. The van der Waals surface area contributed by atoms with Crippen LogP contribution in [0.3, 0.4) is 0 Å². The van der Waals surface area contributed by atoms with Gasteiger partial charge in [0.2, 0.25) is 0 Å². The highest BCUT2D eigenvalue weighted by Gasteiger charge is 2.35. The zero-order valence-corrected chi connectivity index (χ0v) is 10.5. The van der Waals surface area contributed by atoms with E-state index in [1.165, 1.54) is 32.6 Å². The second-order valence-corrected chi connectivity index (χ2v) is 5.44. The lowest BCUT2D eigenvalue weighted by molar-refractivity contribution is 0.116. The van der Waals surface area contributed by atoms with Crippen molar-refractivity contribution in [3.8, 4) is 0 Å². The van der Waals surface area contributed by atoms with Gasteiger partial charge in [-0.1, -0.05) is 0 Å². The number of rotatable bonds is 3. The maximum Gasteiger partial charge on any atom is 0.0547 e. The molecule has 0 bridgehead atoms. The first kappa shape index (κ1) is 12.3. The molecule has 2 aliphatic heterocycles. The molecule has 0 spiro atoms. The third-order valence-electron chi connectivity index (χ3n) is 3.99. The third-order valence-corrected chi connectivity index (χ3v) is 3.99. The number of likely N-dealkylation sites (N-methyl/N-ethyl adjacent to an activating group) is 1. The Kier molecular flexibility index (Phi) is 4.19.